The molecule has 4 N–H and O–H groups in total. The summed E-state index contributed by atoms with van der Waals surface area (Å²) in [6.07, 6.45) is 3.70. The van der Waals surface area contributed by atoms with Crippen molar-refractivity contribution < 1.29 is 34.7 Å². The number of nitrogens with two attached hydrogens (primary N) is 2. The van der Waals surface area contributed by atoms with Crippen LogP contribution in [0.25, 0.3) is 20.5 Å². The highest BCUT2D eigenvalue weighted by molar-refractivity contribution is 7.85. The Bertz CT molecular complexity index is 1800. The third-order valence-corrected chi connectivity index (χ3v) is 8.72. The monoisotopic (exact) mass is 631 g/mol. The van der Waals surface area contributed by atoms with Gasteiger partial charge in [-0.25, -0.2) is 0 Å². The molecule has 0 saturated carbocycles. The number of ketones is 1. The van der Waals surface area contributed by atoms with Gasteiger partial charge in [0.05, 0.1) is 0 Å². The molecular weight excluding hydrogens is 603 g/mol. The zero-order valence-electron chi connectivity index (χ0n) is 22.4. The minimum Gasteiger partial charge on any atom is -0.492 e. The van der Waals surface area contributed by atoms with Gasteiger partial charge in [-0.3, -0.25) is 9.69 Å². The molecule has 4 aromatic rings. The van der Waals surface area contributed by atoms with E-state index < -0.39 is 20.6 Å². The number of hydrogen-bond donors (Lipinski definition) is 2. The summed E-state index contributed by atoms with van der Waals surface area (Å²) in [6, 6.07) is 17.5. The highest BCUT2D eigenvalue weighted by Crippen LogP contribution is 2.42. The summed E-state index contributed by atoms with van der Waals surface area (Å²) in [4.78, 5) is 16.9. The molecule has 0 radical (unpaired) electrons. The Labute approximate surface area is 248 Å². The number of carbonyl (C=O) groups excluding carboxylic acids is 1. The molecule has 5 rings (SSSR count). The second kappa shape index (κ2) is 12.4. The lowest BCUT2D eigenvalue weighted by molar-refractivity contribution is 0.104. The number of nitrogens with zero attached hydrogens (tertiary/aromatic N) is 1. The van der Waals surface area contributed by atoms with Crippen molar-refractivity contribution in [1.82, 2.24) is 4.90 Å². The molecule has 0 unspecified atom stereocenters. The molecule has 0 atom stereocenters. The van der Waals surface area contributed by atoms with Gasteiger partial charge in [-0.1, -0.05) is 6.42 Å². The maximum absolute atomic E-state index is 13.9. The Morgan fingerprint density at radius 1 is 0.786 bits per heavy atom. The van der Waals surface area contributed by atoms with Gasteiger partial charge in [-0.2, -0.15) is 27.1 Å². The summed E-state index contributed by atoms with van der Waals surface area (Å²) in [6.45, 7) is 3.58. The lowest BCUT2D eigenvalue weighted by atomic mass is 9.97. The minimum absolute atomic E-state index is 0.000228. The molecule has 42 heavy (non-hydrogen) atoms. The van der Waals surface area contributed by atoms with E-state index in [4.69, 9.17) is 23.4 Å². The van der Waals surface area contributed by atoms with E-state index in [0.717, 1.165) is 19.6 Å². The van der Waals surface area contributed by atoms with Gasteiger partial charge in [0.15, 0.2) is 5.78 Å². The number of fused-ring (bicyclic) bond motifs is 1. The van der Waals surface area contributed by atoms with Crippen LogP contribution in [0.15, 0.2) is 66.7 Å². The molecule has 1 aromatic heterocycles. The van der Waals surface area contributed by atoms with Gasteiger partial charge in [0.25, 0.3) is 0 Å². The van der Waals surface area contributed by atoms with Crippen LogP contribution in [-0.2, 0) is 20.6 Å². The van der Waals surface area contributed by atoms with Crippen LogP contribution in [0.5, 0.6) is 17.2 Å². The molecule has 0 aliphatic carbocycles. The second-order valence-corrected chi connectivity index (χ2v) is 13.1. The van der Waals surface area contributed by atoms with E-state index in [1.165, 1.54) is 54.9 Å². The number of carbonyl (C=O) groups is 1. The Morgan fingerprint density at radius 2 is 1.38 bits per heavy atom. The van der Waals surface area contributed by atoms with E-state index in [1.807, 2.05) is 0 Å². The van der Waals surface area contributed by atoms with Crippen LogP contribution in [0.4, 0.5) is 0 Å². The zero-order valence-corrected chi connectivity index (χ0v) is 24.8. The summed E-state index contributed by atoms with van der Waals surface area (Å²) in [5.74, 6) is 0.407. The first-order valence-electron chi connectivity index (χ1n) is 13.1. The maximum atomic E-state index is 13.9. The normalized spacial score (nSPS) is 14.5. The van der Waals surface area contributed by atoms with Gasteiger partial charge in [-0.05, 0) is 98.2 Å². The SMILES string of the molecule is NS(=O)(=O)Oc1ccc(-c2sc3cc(OS(N)(=O)=O)ccc3c2C(=O)c2ccc(OCCN3CCCCC3)cc2)cc1. The van der Waals surface area contributed by atoms with Crippen molar-refractivity contribution in [1.29, 1.82) is 0 Å². The Morgan fingerprint density at radius 3 is 2.02 bits per heavy atom. The minimum atomic E-state index is -4.25. The van der Waals surface area contributed by atoms with E-state index >= 15 is 0 Å². The summed E-state index contributed by atoms with van der Waals surface area (Å²) in [7, 11) is -8.45. The Kier molecular flexibility index (Phi) is 8.82. The van der Waals surface area contributed by atoms with Crippen LogP contribution in [0.3, 0.4) is 0 Å². The molecule has 11 nitrogen and oxygen atoms in total. The molecule has 0 bridgehead atoms. The van der Waals surface area contributed by atoms with Gasteiger partial charge >= 0.3 is 20.6 Å². The van der Waals surface area contributed by atoms with Crippen LogP contribution in [0.2, 0.25) is 0 Å². The Balaban J connectivity index is 1.44. The average molecular weight is 632 g/mol. The van der Waals surface area contributed by atoms with E-state index in [-0.39, 0.29) is 17.3 Å². The lowest BCUT2D eigenvalue weighted by Crippen LogP contribution is -2.33. The van der Waals surface area contributed by atoms with Crippen LogP contribution < -0.4 is 23.4 Å². The summed E-state index contributed by atoms with van der Waals surface area (Å²) >= 11 is 1.24. The Hall–Kier alpha value is -3.53. The predicted octanol–water partition coefficient (Wildman–Crippen LogP) is 3.83. The largest absolute Gasteiger partial charge is 0.492 e. The van der Waals surface area contributed by atoms with E-state index in [2.05, 4.69) is 4.90 Å². The molecule has 3 aromatic carbocycles. The standard InChI is InChI=1S/C28H29N3O8S3/c29-41(33,34)38-22-10-6-20(7-11-22)28-26(24-13-12-23(18-25(24)40-28)39-42(30,35)36)27(32)19-4-8-21(9-5-19)37-17-16-31-14-2-1-3-15-31/h4-13,18H,1-3,14-17H2,(H2,29,33,34)(H2,30,35,36). The van der Waals surface area contributed by atoms with Crippen molar-refractivity contribution in [2.45, 2.75) is 19.3 Å². The summed E-state index contributed by atoms with van der Waals surface area (Å²) in [5.41, 5.74) is 1.42. The molecule has 1 fully saturated rings. The molecule has 0 amide bonds. The molecule has 14 heteroatoms. The first kappa shape index (κ1) is 29.9. The fourth-order valence-electron chi connectivity index (χ4n) is 4.81. The lowest BCUT2D eigenvalue weighted by Gasteiger charge is -2.26. The number of ether oxygens (including phenoxy) is 1. The number of thiophene rings is 1. The fourth-order valence-corrected chi connectivity index (χ4v) is 6.80. The number of likely N-dealkylation sites (tertiary alicyclic amines) is 1. The van der Waals surface area contributed by atoms with Gasteiger partial charge in [0.1, 0.15) is 23.9 Å². The second-order valence-electron chi connectivity index (χ2n) is 9.75. The van der Waals surface area contributed by atoms with Crippen LogP contribution >= 0.6 is 11.3 Å². The van der Waals surface area contributed by atoms with Crippen molar-refractivity contribution in [2.24, 2.45) is 10.3 Å². The third kappa shape index (κ3) is 7.65. The molecular formula is C28H29N3O8S3. The first-order chi connectivity index (χ1) is 19.9. The van der Waals surface area contributed by atoms with E-state index in [9.17, 15) is 21.6 Å². The zero-order chi connectivity index (χ0) is 29.9. The van der Waals surface area contributed by atoms with Crippen molar-refractivity contribution >= 4 is 47.8 Å². The first-order valence-corrected chi connectivity index (χ1v) is 16.8. The fraction of sp³-hybridized carbons (Fsp3) is 0.250. The van der Waals surface area contributed by atoms with Crippen molar-refractivity contribution in [3.63, 3.8) is 0 Å². The number of piperidine rings is 1. The summed E-state index contributed by atoms with van der Waals surface area (Å²) < 4.78 is 61.5. The quantitative estimate of drug-likeness (QED) is 0.234. The molecule has 222 valence electrons. The van der Waals surface area contributed by atoms with E-state index in [0.29, 0.717) is 44.0 Å². The molecule has 1 aliphatic rings. The topological polar surface area (TPSA) is 168 Å². The maximum Gasteiger partial charge on any atom is 0.380 e. The average Bonchev–Trinajstić information content (AvgIpc) is 3.31. The van der Waals surface area contributed by atoms with Gasteiger partial charge in [-0.15, -0.1) is 11.3 Å². The molecule has 1 aliphatic heterocycles. The van der Waals surface area contributed by atoms with E-state index in [1.54, 1.807) is 42.5 Å². The number of rotatable bonds is 11. The van der Waals surface area contributed by atoms with Gasteiger partial charge < -0.3 is 13.1 Å². The van der Waals surface area contributed by atoms with Crippen LogP contribution in [0, 0.1) is 0 Å². The summed E-state index contributed by atoms with van der Waals surface area (Å²) in [5, 5.41) is 10.6. The highest BCUT2D eigenvalue weighted by Gasteiger charge is 2.23. The van der Waals surface area contributed by atoms with Gasteiger partial charge in [0, 0.05) is 32.6 Å². The predicted molar refractivity (Wildman–Crippen MR) is 160 cm³/mol. The highest BCUT2D eigenvalue weighted by atomic mass is 32.2. The molecule has 2 heterocycles. The number of hydrogen-bond acceptors (Lipinski definition) is 10. The van der Waals surface area contributed by atoms with Crippen molar-refractivity contribution in [3.05, 3.63) is 77.9 Å². The van der Waals surface area contributed by atoms with Crippen molar-refractivity contribution in [3.8, 4) is 27.7 Å². The smallest absolute Gasteiger partial charge is 0.380 e. The van der Waals surface area contributed by atoms with Crippen molar-refractivity contribution in [2.75, 3.05) is 26.2 Å². The number of benzene rings is 3. The molecule has 0 spiro atoms. The van der Waals surface area contributed by atoms with Gasteiger partial charge in [0.2, 0.25) is 0 Å². The van der Waals surface area contributed by atoms with Crippen LogP contribution in [-0.4, -0.2) is 53.8 Å². The molecule has 1 saturated heterocycles. The third-order valence-electron chi connectivity index (χ3n) is 6.67. The van der Waals surface area contributed by atoms with Crippen LogP contribution in [0.1, 0.15) is 35.2 Å².